The number of aliphatic hydroxyl groups is 1. The van der Waals surface area contributed by atoms with E-state index in [0.29, 0.717) is 39.9 Å². The Morgan fingerprint density at radius 2 is 1.90 bits per heavy atom. The Balaban J connectivity index is 1.78. The molecule has 0 spiro atoms. The van der Waals surface area contributed by atoms with Crippen LogP contribution < -0.4 is 10.9 Å². The number of halogens is 2. The largest absolute Gasteiger partial charge is 0.396 e. The highest BCUT2D eigenvalue weighted by atomic mass is 32.2. The van der Waals surface area contributed by atoms with Crippen molar-refractivity contribution in [3.05, 3.63) is 58.9 Å². The molecule has 0 bridgehead atoms. The molecule has 3 rings (SSSR count). The highest BCUT2D eigenvalue weighted by Crippen LogP contribution is 2.31. The number of amides is 1. The predicted octanol–water partition coefficient (Wildman–Crippen LogP) is 3.82. The van der Waals surface area contributed by atoms with E-state index in [1.54, 1.807) is 42.5 Å². The van der Waals surface area contributed by atoms with E-state index in [1.807, 2.05) is 0 Å². The summed E-state index contributed by atoms with van der Waals surface area (Å²) in [5.41, 5.74) is 0.581. The first-order valence-corrected chi connectivity index (χ1v) is 10.9. The fourth-order valence-corrected chi connectivity index (χ4v) is 4.19. The minimum Gasteiger partial charge on any atom is -0.396 e. The van der Waals surface area contributed by atoms with Crippen LogP contribution in [0.1, 0.15) is 6.42 Å². The van der Waals surface area contributed by atoms with Crippen LogP contribution in [0.5, 0.6) is 0 Å². The summed E-state index contributed by atoms with van der Waals surface area (Å²) in [6.45, 7) is 0.188. The van der Waals surface area contributed by atoms with Crippen LogP contribution in [-0.4, -0.2) is 38.7 Å². The first kappa shape index (κ1) is 22.3. The van der Waals surface area contributed by atoms with E-state index >= 15 is 0 Å². The molecule has 0 fully saturated rings. The number of hydrogen-bond donors (Lipinski definition) is 2. The molecule has 0 radical (unpaired) electrons. The maximum Gasteiger partial charge on any atom is 0.288 e. The van der Waals surface area contributed by atoms with Gasteiger partial charge in [-0.25, -0.2) is 4.98 Å². The van der Waals surface area contributed by atoms with Crippen molar-refractivity contribution in [3.8, 4) is 0 Å². The van der Waals surface area contributed by atoms with Crippen LogP contribution in [0.3, 0.4) is 0 Å². The van der Waals surface area contributed by atoms with Crippen LogP contribution >= 0.6 is 23.5 Å². The maximum atomic E-state index is 12.8. The number of aliphatic hydroxyl groups excluding tert-OH is 1. The van der Waals surface area contributed by atoms with Crippen LogP contribution in [0.2, 0.25) is 0 Å². The van der Waals surface area contributed by atoms with Crippen LogP contribution in [0.25, 0.3) is 10.9 Å². The summed E-state index contributed by atoms with van der Waals surface area (Å²) in [6.07, 6.45) is 0.373. The lowest BCUT2D eigenvalue weighted by atomic mass is 10.2. The second-order valence-corrected chi connectivity index (χ2v) is 8.13. The molecule has 30 heavy (non-hydrogen) atoms. The van der Waals surface area contributed by atoms with Crippen molar-refractivity contribution in [1.82, 2.24) is 9.55 Å². The third-order valence-corrected chi connectivity index (χ3v) is 5.84. The van der Waals surface area contributed by atoms with Crippen molar-refractivity contribution in [1.29, 1.82) is 0 Å². The van der Waals surface area contributed by atoms with Gasteiger partial charge in [-0.2, -0.15) is 8.78 Å². The van der Waals surface area contributed by atoms with Gasteiger partial charge >= 0.3 is 0 Å². The average Bonchev–Trinajstić information content (AvgIpc) is 2.73. The lowest BCUT2D eigenvalue weighted by molar-refractivity contribution is -0.113. The van der Waals surface area contributed by atoms with Gasteiger partial charge in [-0.05, 0) is 30.7 Å². The highest BCUT2D eigenvalue weighted by Gasteiger charge is 2.15. The fraction of sp³-hybridized carbons (Fsp3) is 0.250. The van der Waals surface area contributed by atoms with Gasteiger partial charge < -0.3 is 10.4 Å². The van der Waals surface area contributed by atoms with Gasteiger partial charge in [-0.1, -0.05) is 47.8 Å². The van der Waals surface area contributed by atoms with E-state index in [4.69, 9.17) is 5.11 Å². The topological polar surface area (TPSA) is 84.2 Å². The predicted molar refractivity (Wildman–Crippen MR) is 115 cm³/mol. The standard InChI is InChI=1S/C20H19F2N3O3S2/c21-19(22)30-16-9-4-3-8-15(16)23-17(27)12-29-20-24-14-7-2-1-6-13(14)18(28)25(20)10-5-11-26/h1-4,6-9,19,26H,5,10-12H2,(H,23,27). The number of fused-ring (bicyclic) bond motifs is 1. The van der Waals surface area contributed by atoms with Crippen molar-refractivity contribution in [2.24, 2.45) is 0 Å². The average molecular weight is 452 g/mol. The number of para-hydroxylation sites is 2. The molecule has 2 N–H and O–H groups in total. The van der Waals surface area contributed by atoms with Crippen molar-refractivity contribution >= 4 is 46.0 Å². The summed E-state index contributed by atoms with van der Waals surface area (Å²) >= 11 is 1.44. The number of aromatic nitrogens is 2. The van der Waals surface area contributed by atoms with Crippen LogP contribution in [0.15, 0.2) is 63.4 Å². The molecule has 0 unspecified atom stereocenters. The third kappa shape index (κ3) is 5.59. The second-order valence-electron chi connectivity index (χ2n) is 6.16. The molecule has 0 saturated heterocycles. The minimum atomic E-state index is -2.60. The van der Waals surface area contributed by atoms with Crippen LogP contribution in [-0.2, 0) is 11.3 Å². The lowest BCUT2D eigenvalue weighted by Gasteiger charge is -2.13. The molecule has 0 aliphatic carbocycles. The zero-order chi connectivity index (χ0) is 21.5. The van der Waals surface area contributed by atoms with Gasteiger partial charge in [-0.3, -0.25) is 14.2 Å². The summed E-state index contributed by atoms with van der Waals surface area (Å²) < 4.78 is 26.9. The number of carbonyl (C=O) groups is 1. The number of rotatable bonds is 9. The summed E-state index contributed by atoms with van der Waals surface area (Å²) in [5.74, 6) is -3.06. The number of nitrogens with one attached hydrogen (secondary N) is 1. The Kier molecular flexibility index (Phi) is 7.83. The van der Waals surface area contributed by atoms with Crippen molar-refractivity contribution in [3.63, 3.8) is 0 Å². The molecular formula is C20H19F2N3O3S2. The first-order chi connectivity index (χ1) is 14.5. The monoisotopic (exact) mass is 451 g/mol. The van der Waals surface area contributed by atoms with E-state index in [1.165, 1.54) is 10.6 Å². The van der Waals surface area contributed by atoms with Gasteiger partial charge in [0.05, 0.1) is 22.3 Å². The molecule has 1 heterocycles. The summed E-state index contributed by atoms with van der Waals surface area (Å²) in [4.78, 5) is 30.0. The van der Waals surface area contributed by atoms with Crippen molar-refractivity contribution < 1.29 is 18.7 Å². The normalized spacial score (nSPS) is 11.2. The Labute approximate surface area is 179 Å². The van der Waals surface area contributed by atoms with Crippen LogP contribution in [0, 0.1) is 0 Å². The number of thioether (sulfide) groups is 2. The zero-order valence-corrected chi connectivity index (χ0v) is 17.4. The number of anilines is 1. The molecule has 1 aromatic heterocycles. The van der Waals surface area contributed by atoms with Gasteiger partial charge in [0.15, 0.2) is 5.16 Å². The smallest absolute Gasteiger partial charge is 0.288 e. The van der Waals surface area contributed by atoms with Crippen molar-refractivity contribution in [2.75, 3.05) is 17.7 Å². The van der Waals surface area contributed by atoms with Gasteiger partial charge in [0.2, 0.25) is 5.91 Å². The Morgan fingerprint density at radius 3 is 2.67 bits per heavy atom. The van der Waals surface area contributed by atoms with E-state index < -0.39 is 11.7 Å². The Morgan fingerprint density at radius 1 is 1.17 bits per heavy atom. The SMILES string of the molecule is O=C(CSc1nc2ccccc2c(=O)n1CCCO)Nc1ccccc1SC(F)F. The first-order valence-electron chi connectivity index (χ1n) is 9.06. The Hall–Kier alpha value is -2.43. The summed E-state index contributed by atoms with van der Waals surface area (Å²) in [6, 6.07) is 13.2. The molecule has 3 aromatic rings. The molecule has 0 saturated carbocycles. The zero-order valence-electron chi connectivity index (χ0n) is 15.8. The molecule has 2 aromatic carbocycles. The quantitative estimate of drug-likeness (QED) is 0.380. The maximum absolute atomic E-state index is 12.8. The highest BCUT2D eigenvalue weighted by molar-refractivity contribution is 8.00. The van der Waals surface area contributed by atoms with Gasteiger partial charge in [0.1, 0.15) is 0 Å². The number of benzene rings is 2. The number of alkyl halides is 2. The summed E-state index contributed by atoms with van der Waals surface area (Å²) in [5, 5.41) is 12.6. The van der Waals surface area contributed by atoms with Gasteiger partial charge in [0, 0.05) is 18.0 Å². The number of nitrogens with zero attached hydrogens (tertiary/aromatic N) is 2. The van der Waals surface area contributed by atoms with Crippen molar-refractivity contribution in [2.45, 2.75) is 28.8 Å². The molecule has 6 nitrogen and oxygen atoms in total. The molecule has 0 aliphatic heterocycles. The van der Waals surface area contributed by atoms with Gasteiger partial charge in [-0.15, -0.1) is 0 Å². The third-order valence-electron chi connectivity index (χ3n) is 4.08. The van der Waals surface area contributed by atoms with E-state index in [2.05, 4.69) is 10.3 Å². The molecule has 0 aliphatic rings. The van der Waals surface area contributed by atoms with E-state index in [0.717, 1.165) is 11.8 Å². The number of carbonyl (C=O) groups excluding carboxylic acids is 1. The molecule has 1 amide bonds. The lowest BCUT2D eigenvalue weighted by Crippen LogP contribution is -2.24. The fourth-order valence-electron chi connectivity index (χ4n) is 2.77. The molecular weight excluding hydrogens is 432 g/mol. The van der Waals surface area contributed by atoms with Crippen LogP contribution in [0.4, 0.5) is 14.5 Å². The number of hydrogen-bond acceptors (Lipinski definition) is 6. The van der Waals surface area contributed by atoms with Gasteiger partial charge in [0.25, 0.3) is 11.3 Å². The molecule has 158 valence electrons. The molecule has 10 heteroatoms. The molecule has 0 atom stereocenters. The van der Waals surface area contributed by atoms with E-state index in [9.17, 15) is 18.4 Å². The van der Waals surface area contributed by atoms with E-state index in [-0.39, 0.29) is 29.4 Å². The second kappa shape index (κ2) is 10.6. The summed E-state index contributed by atoms with van der Waals surface area (Å²) in [7, 11) is 0. The Bertz CT molecular complexity index is 1090. The minimum absolute atomic E-state index is 0.0580.